The number of halogens is 2. The van der Waals surface area contributed by atoms with E-state index in [4.69, 9.17) is 9.47 Å². The largest absolute Gasteiger partial charge is 0.473 e. The summed E-state index contributed by atoms with van der Waals surface area (Å²) < 4.78 is 36.1. The van der Waals surface area contributed by atoms with Gasteiger partial charge >= 0.3 is 0 Å². The molecule has 4 nitrogen and oxygen atoms in total. The fourth-order valence-corrected chi connectivity index (χ4v) is 1.06. The highest BCUT2D eigenvalue weighted by Crippen LogP contribution is 2.20. The molecular formula is C10H14F2N2O2. The molecule has 0 unspecified atom stereocenters. The fraction of sp³-hybridized carbons (Fsp3) is 0.500. The minimum absolute atomic E-state index is 0.0173. The first kappa shape index (κ1) is 12.6. The predicted molar refractivity (Wildman–Crippen MR) is 55.7 cm³/mol. The number of methoxy groups -OCH3 is 1. The molecule has 6 heteroatoms. The maximum Gasteiger partial charge on any atom is 0.252 e. The van der Waals surface area contributed by atoms with Crippen LogP contribution >= 0.6 is 0 Å². The van der Waals surface area contributed by atoms with Crippen molar-refractivity contribution in [2.75, 3.05) is 32.2 Å². The number of anilines is 1. The van der Waals surface area contributed by atoms with Gasteiger partial charge in [-0.2, -0.15) is 4.98 Å². The van der Waals surface area contributed by atoms with Gasteiger partial charge in [0.1, 0.15) is 6.61 Å². The van der Waals surface area contributed by atoms with Gasteiger partial charge in [0.05, 0.1) is 6.61 Å². The average Bonchev–Trinajstić information content (AvgIpc) is 2.25. The van der Waals surface area contributed by atoms with E-state index >= 15 is 0 Å². The third kappa shape index (κ3) is 3.30. The molecule has 0 fully saturated rings. The summed E-state index contributed by atoms with van der Waals surface area (Å²) in [6, 6.07) is 0.743. The summed E-state index contributed by atoms with van der Waals surface area (Å²) in [6.45, 7) is 2.76. The molecule has 1 aromatic rings. The number of pyridine rings is 1. The van der Waals surface area contributed by atoms with E-state index in [0.717, 1.165) is 6.07 Å². The average molecular weight is 232 g/mol. The Morgan fingerprint density at radius 2 is 2.06 bits per heavy atom. The first-order valence-electron chi connectivity index (χ1n) is 4.90. The number of hydrogen-bond acceptors (Lipinski definition) is 4. The highest BCUT2D eigenvalue weighted by Gasteiger charge is 2.12. The zero-order chi connectivity index (χ0) is 12.0. The number of hydrogen-bond donors (Lipinski definition) is 1. The molecule has 0 saturated heterocycles. The number of aromatic nitrogens is 1. The van der Waals surface area contributed by atoms with Gasteiger partial charge in [0.2, 0.25) is 0 Å². The third-order valence-corrected chi connectivity index (χ3v) is 1.77. The van der Waals surface area contributed by atoms with Crippen molar-refractivity contribution in [2.24, 2.45) is 0 Å². The molecule has 0 aliphatic rings. The maximum atomic E-state index is 13.2. The highest BCUT2D eigenvalue weighted by molar-refractivity contribution is 5.39. The van der Waals surface area contributed by atoms with Crippen LogP contribution in [0.25, 0.3) is 0 Å². The van der Waals surface area contributed by atoms with Gasteiger partial charge in [0.15, 0.2) is 17.5 Å². The number of ether oxygens (including phenoxy) is 2. The summed E-state index contributed by atoms with van der Waals surface area (Å²) in [5, 5.41) is 2.67. The Balaban J connectivity index is 2.78. The predicted octanol–water partition coefficient (Wildman–Crippen LogP) is 1.82. The Morgan fingerprint density at radius 3 is 2.69 bits per heavy atom. The van der Waals surface area contributed by atoms with E-state index in [9.17, 15) is 8.78 Å². The summed E-state index contributed by atoms with van der Waals surface area (Å²) in [4.78, 5) is 3.69. The van der Waals surface area contributed by atoms with Crippen molar-refractivity contribution in [3.8, 4) is 5.88 Å². The van der Waals surface area contributed by atoms with Crippen molar-refractivity contribution in [1.29, 1.82) is 0 Å². The lowest BCUT2D eigenvalue weighted by Gasteiger charge is -2.09. The van der Waals surface area contributed by atoms with Gasteiger partial charge in [-0.25, -0.2) is 8.78 Å². The van der Waals surface area contributed by atoms with Crippen LogP contribution in [0.1, 0.15) is 6.92 Å². The van der Waals surface area contributed by atoms with Crippen molar-refractivity contribution in [1.82, 2.24) is 4.98 Å². The zero-order valence-electron chi connectivity index (χ0n) is 9.22. The molecule has 90 valence electrons. The second-order valence-electron chi connectivity index (χ2n) is 2.98. The Labute approximate surface area is 92.6 Å². The van der Waals surface area contributed by atoms with Crippen LogP contribution in [0.3, 0.4) is 0 Å². The molecule has 0 radical (unpaired) electrons. The number of nitrogens with zero attached hydrogens (tertiary/aromatic N) is 1. The summed E-state index contributed by atoms with van der Waals surface area (Å²) in [6.07, 6.45) is 0. The van der Waals surface area contributed by atoms with Crippen molar-refractivity contribution < 1.29 is 18.3 Å². The molecule has 1 heterocycles. The van der Waals surface area contributed by atoms with Crippen LogP contribution in [0.2, 0.25) is 0 Å². The minimum Gasteiger partial charge on any atom is -0.473 e. The summed E-state index contributed by atoms with van der Waals surface area (Å²) in [7, 11) is 1.50. The maximum absolute atomic E-state index is 13.2. The van der Waals surface area contributed by atoms with Gasteiger partial charge in [-0.3, -0.25) is 0 Å². The molecule has 0 bridgehead atoms. The first-order chi connectivity index (χ1) is 7.69. The Morgan fingerprint density at radius 1 is 1.31 bits per heavy atom. The standard InChI is InChI=1S/C10H14F2N2O2/c1-3-13-9-7(11)6-8(12)10(14-9)16-5-4-15-2/h6H,3-5H2,1-2H3,(H,13,14). The van der Waals surface area contributed by atoms with Crippen LogP contribution in [-0.2, 0) is 4.74 Å². The minimum atomic E-state index is -0.824. The Kier molecular flexibility index (Phi) is 4.91. The highest BCUT2D eigenvalue weighted by atomic mass is 19.1. The van der Waals surface area contributed by atoms with Gasteiger partial charge in [-0.05, 0) is 6.92 Å². The van der Waals surface area contributed by atoms with Crippen molar-refractivity contribution in [3.05, 3.63) is 17.7 Å². The van der Waals surface area contributed by atoms with E-state index in [1.807, 2.05) is 0 Å². The van der Waals surface area contributed by atoms with Crippen LogP contribution in [0.5, 0.6) is 5.88 Å². The molecular weight excluding hydrogens is 218 g/mol. The number of nitrogens with one attached hydrogen (secondary N) is 1. The molecule has 1 N–H and O–H groups in total. The normalized spacial score (nSPS) is 10.2. The second-order valence-corrected chi connectivity index (χ2v) is 2.98. The monoisotopic (exact) mass is 232 g/mol. The molecule has 0 atom stereocenters. The van der Waals surface area contributed by atoms with Crippen LogP contribution in [-0.4, -0.2) is 31.9 Å². The van der Waals surface area contributed by atoms with Crippen molar-refractivity contribution in [3.63, 3.8) is 0 Å². The molecule has 0 aliphatic carbocycles. The number of rotatable bonds is 6. The van der Waals surface area contributed by atoms with Crippen LogP contribution < -0.4 is 10.1 Å². The molecule has 16 heavy (non-hydrogen) atoms. The van der Waals surface area contributed by atoms with E-state index in [1.165, 1.54) is 7.11 Å². The first-order valence-corrected chi connectivity index (χ1v) is 4.90. The van der Waals surface area contributed by atoms with E-state index in [0.29, 0.717) is 13.2 Å². The third-order valence-electron chi connectivity index (χ3n) is 1.77. The molecule has 0 amide bonds. The Hall–Kier alpha value is -1.43. The molecule has 0 aromatic carbocycles. The summed E-state index contributed by atoms with van der Waals surface area (Å²) >= 11 is 0. The van der Waals surface area contributed by atoms with Gasteiger partial charge < -0.3 is 14.8 Å². The summed E-state index contributed by atoms with van der Waals surface area (Å²) in [5.41, 5.74) is 0. The van der Waals surface area contributed by atoms with Crippen LogP contribution in [0.4, 0.5) is 14.6 Å². The van der Waals surface area contributed by atoms with Gasteiger partial charge in [0, 0.05) is 19.7 Å². The van der Waals surface area contributed by atoms with E-state index in [-0.39, 0.29) is 18.3 Å². The van der Waals surface area contributed by atoms with Gasteiger partial charge in [-0.1, -0.05) is 0 Å². The van der Waals surface area contributed by atoms with Crippen LogP contribution in [0, 0.1) is 11.6 Å². The van der Waals surface area contributed by atoms with Crippen molar-refractivity contribution >= 4 is 5.82 Å². The lowest BCUT2D eigenvalue weighted by Crippen LogP contribution is -2.09. The van der Waals surface area contributed by atoms with Gasteiger partial charge in [0.25, 0.3) is 5.88 Å². The SMILES string of the molecule is CCNc1nc(OCCOC)c(F)cc1F. The van der Waals surface area contributed by atoms with Gasteiger partial charge in [-0.15, -0.1) is 0 Å². The molecule has 0 spiro atoms. The topological polar surface area (TPSA) is 43.4 Å². The molecule has 0 aliphatic heterocycles. The van der Waals surface area contributed by atoms with Crippen molar-refractivity contribution in [2.45, 2.75) is 6.92 Å². The molecule has 0 saturated carbocycles. The smallest absolute Gasteiger partial charge is 0.252 e. The summed E-state index contributed by atoms with van der Waals surface area (Å²) in [5.74, 6) is -1.81. The molecule has 1 rings (SSSR count). The lowest BCUT2D eigenvalue weighted by atomic mass is 10.4. The van der Waals surface area contributed by atoms with Crippen LogP contribution in [0.15, 0.2) is 6.07 Å². The van der Waals surface area contributed by atoms with E-state index in [2.05, 4.69) is 10.3 Å². The van der Waals surface area contributed by atoms with E-state index < -0.39 is 11.6 Å². The quantitative estimate of drug-likeness (QED) is 0.760. The lowest BCUT2D eigenvalue weighted by molar-refractivity contribution is 0.141. The molecule has 1 aromatic heterocycles. The fourth-order valence-electron chi connectivity index (χ4n) is 1.06. The zero-order valence-corrected chi connectivity index (χ0v) is 9.22. The Bertz CT molecular complexity index is 348. The second kappa shape index (κ2) is 6.22. The van der Waals surface area contributed by atoms with E-state index in [1.54, 1.807) is 6.92 Å².